The molecule has 152 valence electrons. The minimum Gasteiger partial charge on any atom is -0.395 e. The van der Waals surface area contributed by atoms with E-state index >= 15 is 0 Å². The lowest BCUT2D eigenvalue weighted by atomic mass is 9.96. The summed E-state index contributed by atoms with van der Waals surface area (Å²) in [5.41, 5.74) is 6.28. The molecular formula is C24H24N4O2. The topological polar surface area (TPSA) is 83.2 Å². The van der Waals surface area contributed by atoms with Crippen molar-refractivity contribution in [2.24, 2.45) is 0 Å². The van der Waals surface area contributed by atoms with Crippen LogP contribution in [-0.4, -0.2) is 28.4 Å². The third kappa shape index (κ3) is 4.56. The van der Waals surface area contributed by atoms with E-state index in [9.17, 15) is 0 Å². The van der Waals surface area contributed by atoms with Gasteiger partial charge in [-0.1, -0.05) is 54.6 Å². The first-order valence-corrected chi connectivity index (χ1v) is 9.91. The van der Waals surface area contributed by atoms with Gasteiger partial charge in [0.15, 0.2) is 0 Å². The minimum atomic E-state index is 0.120. The zero-order valence-electron chi connectivity index (χ0n) is 16.8. The Kier molecular flexibility index (Phi) is 6.17. The number of nitrogens with one attached hydrogen (secondary N) is 2. The molecule has 3 aromatic carbocycles. The van der Waals surface area contributed by atoms with Crippen LogP contribution < -0.4 is 10.6 Å². The van der Waals surface area contributed by atoms with Crippen molar-refractivity contribution in [2.75, 3.05) is 18.5 Å². The zero-order valence-corrected chi connectivity index (χ0v) is 16.8. The molecule has 4 aromatic rings. The summed E-state index contributed by atoms with van der Waals surface area (Å²) in [6, 6.07) is 24.3. The molecule has 0 aliphatic rings. The van der Waals surface area contributed by atoms with Gasteiger partial charge in [0.1, 0.15) is 0 Å². The Morgan fingerprint density at radius 3 is 2.57 bits per heavy atom. The Morgan fingerprint density at radius 1 is 0.933 bits per heavy atom. The maximum Gasteiger partial charge on any atom is 0.268 e. The number of hydrogen-bond donors (Lipinski definition) is 3. The van der Waals surface area contributed by atoms with Crippen molar-refractivity contribution in [3.8, 4) is 22.6 Å². The average Bonchev–Trinajstić information content (AvgIpc) is 3.23. The summed E-state index contributed by atoms with van der Waals surface area (Å²) in [6.07, 6.45) is 0. The second kappa shape index (κ2) is 9.35. The molecule has 0 spiro atoms. The number of aliphatic hydroxyl groups is 1. The fraction of sp³-hybridized carbons (Fsp3) is 0.167. The molecule has 0 aliphatic heterocycles. The van der Waals surface area contributed by atoms with Crippen molar-refractivity contribution < 1.29 is 9.63 Å². The van der Waals surface area contributed by atoms with Gasteiger partial charge < -0.3 is 20.3 Å². The number of aromatic nitrogens is 2. The maximum atomic E-state index is 8.89. The van der Waals surface area contributed by atoms with Crippen LogP contribution in [0.1, 0.15) is 11.1 Å². The molecule has 30 heavy (non-hydrogen) atoms. The number of aliphatic hydroxyl groups excluding tert-OH is 1. The quantitative estimate of drug-likeness (QED) is 0.377. The Balaban J connectivity index is 1.53. The monoisotopic (exact) mass is 400 g/mol. The van der Waals surface area contributed by atoms with Gasteiger partial charge in [-0.05, 0) is 52.5 Å². The van der Waals surface area contributed by atoms with Gasteiger partial charge in [-0.2, -0.15) is 4.98 Å². The molecule has 1 aromatic heterocycles. The highest BCUT2D eigenvalue weighted by atomic mass is 16.5. The molecule has 4 rings (SSSR count). The second-order valence-corrected chi connectivity index (χ2v) is 6.99. The molecule has 6 heteroatoms. The van der Waals surface area contributed by atoms with E-state index in [1.54, 1.807) is 0 Å². The molecule has 0 bridgehead atoms. The first-order chi connectivity index (χ1) is 14.7. The van der Waals surface area contributed by atoms with Crippen LogP contribution in [0.4, 0.5) is 11.6 Å². The minimum absolute atomic E-state index is 0.120. The van der Waals surface area contributed by atoms with E-state index in [4.69, 9.17) is 9.63 Å². The highest BCUT2D eigenvalue weighted by Gasteiger charge is 2.14. The van der Waals surface area contributed by atoms with Crippen molar-refractivity contribution in [1.82, 2.24) is 15.5 Å². The fourth-order valence-corrected chi connectivity index (χ4v) is 3.38. The van der Waals surface area contributed by atoms with Crippen LogP contribution in [0, 0.1) is 6.92 Å². The molecule has 3 N–H and O–H groups in total. The molecule has 6 nitrogen and oxygen atoms in total. The predicted octanol–water partition coefficient (Wildman–Crippen LogP) is 4.54. The van der Waals surface area contributed by atoms with E-state index in [1.165, 1.54) is 0 Å². The SMILES string of the molecule is Cc1c(-c2ccccc2)cccc1-c1nc(Nc2cccc(CNCCO)c2)no1. The zero-order chi connectivity index (χ0) is 20.8. The van der Waals surface area contributed by atoms with Crippen molar-refractivity contribution in [1.29, 1.82) is 0 Å². The van der Waals surface area contributed by atoms with Crippen LogP contribution in [0.2, 0.25) is 0 Å². The fourth-order valence-electron chi connectivity index (χ4n) is 3.38. The van der Waals surface area contributed by atoms with Crippen LogP contribution in [0.5, 0.6) is 0 Å². The summed E-state index contributed by atoms with van der Waals surface area (Å²) < 4.78 is 5.54. The number of rotatable bonds is 8. The van der Waals surface area contributed by atoms with E-state index in [-0.39, 0.29) is 6.61 Å². The third-order valence-electron chi connectivity index (χ3n) is 4.88. The standard InChI is InChI=1S/C24H24N4O2/c1-17-21(19-8-3-2-4-9-19)11-6-12-22(17)23-27-24(28-30-23)26-20-10-5-7-18(15-20)16-25-13-14-29/h2-12,15,25,29H,13-14,16H2,1H3,(H,26,28). The molecular weight excluding hydrogens is 376 g/mol. The highest BCUT2D eigenvalue weighted by Crippen LogP contribution is 2.31. The van der Waals surface area contributed by atoms with Crippen molar-refractivity contribution >= 4 is 11.6 Å². The van der Waals surface area contributed by atoms with E-state index in [2.05, 4.69) is 45.9 Å². The summed E-state index contributed by atoms with van der Waals surface area (Å²) >= 11 is 0. The van der Waals surface area contributed by atoms with Crippen molar-refractivity contribution in [2.45, 2.75) is 13.5 Å². The average molecular weight is 400 g/mol. The predicted molar refractivity (Wildman–Crippen MR) is 118 cm³/mol. The smallest absolute Gasteiger partial charge is 0.268 e. The molecule has 1 heterocycles. The Labute approximate surface area is 175 Å². The largest absolute Gasteiger partial charge is 0.395 e. The number of anilines is 2. The van der Waals surface area contributed by atoms with Crippen LogP contribution in [0.15, 0.2) is 77.3 Å². The number of hydrogen-bond acceptors (Lipinski definition) is 6. The van der Waals surface area contributed by atoms with Gasteiger partial charge >= 0.3 is 0 Å². The maximum absolute atomic E-state index is 8.89. The lowest BCUT2D eigenvalue weighted by molar-refractivity contribution is 0.292. The Hall–Kier alpha value is -3.48. The van der Waals surface area contributed by atoms with Gasteiger partial charge in [0.25, 0.3) is 11.8 Å². The van der Waals surface area contributed by atoms with Gasteiger partial charge in [-0.15, -0.1) is 0 Å². The van der Waals surface area contributed by atoms with Crippen molar-refractivity contribution in [3.05, 3.63) is 83.9 Å². The third-order valence-corrected chi connectivity index (χ3v) is 4.88. The molecule has 0 aliphatic carbocycles. The molecule has 0 radical (unpaired) electrons. The summed E-state index contributed by atoms with van der Waals surface area (Å²) in [6.45, 7) is 3.43. The number of benzene rings is 3. The van der Waals surface area contributed by atoms with Crippen molar-refractivity contribution in [3.63, 3.8) is 0 Å². The van der Waals surface area contributed by atoms with E-state index in [0.717, 1.165) is 33.5 Å². The Bertz CT molecular complexity index is 1110. The first-order valence-electron chi connectivity index (χ1n) is 9.91. The van der Waals surface area contributed by atoms with E-state index in [0.29, 0.717) is 24.9 Å². The summed E-state index contributed by atoms with van der Waals surface area (Å²) in [5, 5.41) is 19.3. The number of nitrogens with zero attached hydrogens (tertiary/aromatic N) is 2. The normalized spacial score (nSPS) is 10.9. The van der Waals surface area contributed by atoms with Gasteiger partial charge in [0.05, 0.1) is 6.61 Å². The molecule has 0 unspecified atom stereocenters. The van der Waals surface area contributed by atoms with E-state index in [1.807, 2.05) is 54.6 Å². The molecule has 0 saturated carbocycles. The van der Waals surface area contributed by atoms with Crippen LogP contribution in [0.25, 0.3) is 22.6 Å². The van der Waals surface area contributed by atoms with Crippen LogP contribution in [-0.2, 0) is 6.54 Å². The highest BCUT2D eigenvalue weighted by molar-refractivity contribution is 5.75. The lowest BCUT2D eigenvalue weighted by Gasteiger charge is -2.09. The summed E-state index contributed by atoms with van der Waals surface area (Å²) in [4.78, 5) is 4.54. The van der Waals surface area contributed by atoms with Gasteiger partial charge in [0, 0.05) is 24.3 Å². The summed E-state index contributed by atoms with van der Waals surface area (Å²) in [5.74, 6) is 0.892. The molecule has 0 fully saturated rings. The molecule has 0 atom stereocenters. The van der Waals surface area contributed by atoms with Gasteiger partial charge in [0.2, 0.25) is 0 Å². The Morgan fingerprint density at radius 2 is 1.73 bits per heavy atom. The molecule has 0 amide bonds. The second-order valence-electron chi connectivity index (χ2n) is 6.99. The van der Waals surface area contributed by atoms with E-state index < -0.39 is 0 Å². The first kappa shape index (κ1) is 19.8. The van der Waals surface area contributed by atoms with Gasteiger partial charge in [-0.25, -0.2) is 0 Å². The van der Waals surface area contributed by atoms with Gasteiger partial charge in [-0.3, -0.25) is 0 Å². The van der Waals surface area contributed by atoms with Crippen LogP contribution in [0.3, 0.4) is 0 Å². The lowest BCUT2D eigenvalue weighted by Crippen LogP contribution is -2.17. The summed E-state index contributed by atoms with van der Waals surface area (Å²) in [7, 11) is 0. The van der Waals surface area contributed by atoms with Crippen LogP contribution >= 0.6 is 0 Å². The molecule has 0 saturated heterocycles.